The second kappa shape index (κ2) is 4.22. The highest BCUT2D eigenvalue weighted by atomic mass is 35.5. The third-order valence-electron chi connectivity index (χ3n) is 2.21. The van der Waals surface area contributed by atoms with Crippen molar-refractivity contribution in [1.29, 1.82) is 0 Å². The fraction of sp³-hybridized carbons (Fsp3) is 0.273. The molecule has 0 fully saturated rings. The molecule has 3 nitrogen and oxygen atoms in total. The van der Waals surface area contributed by atoms with Gasteiger partial charge in [0.1, 0.15) is 11.2 Å². The van der Waals surface area contributed by atoms with Gasteiger partial charge in [0.2, 0.25) is 11.7 Å². The smallest absolute Gasteiger partial charge is 0.244 e. The molecule has 0 aliphatic rings. The minimum Gasteiger partial charge on any atom is -0.337 e. The number of halogens is 2. The molecule has 0 saturated carbocycles. The average molecular weight is 241 g/mol. The molecule has 2 rings (SSSR count). The first kappa shape index (κ1) is 11.1. The summed E-state index contributed by atoms with van der Waals surface area (Å²) in [6.07, 6.45) is 0. The molecule has 0 N–H and O–H groups in total. The van der Waals surface area contributed by atoms with Crippen LogP contribution in [0.1, 0.15) is 23.8 Å². The van der Waals surface area contributed by atoms with Crippen LogP contribution in [0.15, 0.2) is 22.7 Å². The van der Waals surface area contributed by atoms with Crippen molar-refractivity contribution in [2.45, 2.75) is 19.2 Å². The van der Waals surface area contributed by atoms with Gasteiger partial charge in [-0.3, -0.25) is 0 Å². The molecular weight excluding hydrogens is 231 g/mol. The van der Waals surface area contributed by atoms with Gasteiger partial charge in [0.15, 0.2) is 0 Å². The molecule has 0 bridgehead atoms. The van der Waals surface area contributed by atoms with E-state index in [1.165, 1.54) is 6.07 Å². The molecule has 84 valence electrons. The number of benzene rings is 1. The van der Waals surface area contributed by atoms with E-state index in [9.17, 15) is 4.39 Å². The summed E-state index contributed by atoms with van der Waals surface area (Å²) in [5.74, 6) is 0.391. The van der Waals surface area contributed by atoms with Crippen LogP contribution in [-0.2, 0) is 0 Å². The van der Waals surface area contributed by atoms with Gasteiger partial charge in [0.05, 0.1) is 0 Å². The standard InChI is InChI=1S/C11H10ClFN2O/c1-6-3-4-8(5-9(6)13)10-14-11(7(2)12)16-15-10/h3-5,7H,1-2H3. The molecule has 1 aromatic heterocycles. The Morgan fingerprint density at radius 1 is 1.44 bits per heavy atom. The zero-order chi connectivity index (χ0) is 11.7. The van der Waals surface area contributed by atoms with Gasteiger partial charge in [-0.2, -0.15) is 4.98 Å². The Morgan fingerprint density at radius 2 is 2.19 bits per heavy atom. The molecule has 16 heavy (non-hydrogen) atoms. The van der Waals surface area contributed by atoms with Gasteiger partial charge in [-0.15, -0.1) is 11.6 Å². The predicted molar refractivity (Wildman–Crippen MR) is 58.7 cm³/mol. The summed E-state index contributed by atoms with van der Waals surface area (Å²) in [6, 6.07) is 4.79. The largest absolute Gasteiger partial charge is 0.337 e. The van der Waals surface area contributed by atoms with Crippen LogP contribution in [0.3, 0.4) is 0 Å². The van der Waals surface area contributed by atoms with Crippen LogP contribution in [0.2, 0.25) is 0 Å². The predicted octanol–water partition coefficient (Wildman–Crippen LogP) is 3.48. The van der Waals surface area contributed by atoms with E-state index in [0.717, 1.165) is 0 Å². The van der Waals surface area contributed by atoms with E-state index in [0.29, 0.717) is 22.8 Å². The van der Waals surface area contributed by atoms with Crippen LogP contribution in [0.5, 0.6) is 0 Å². The van der Waals surface area contributed by atoms with Gasteiger partial charge in [0.25, 0.3) is 0 Å². The number of aromatic nitrogens is 2. The second-order valence-electron chi connectivity index (χ2n) is 3.54. The highest BCUT2D eigenvalue weighted by Crippen LogP contribution is 2.23. The van der Waals surface area contributed by atoms with Crippen molar-refractivity contribution in [3.63, 3.8) is 0 Å². The molecule has 5 heteroatoms. The maximum Gasteiger partial charge on any atom is 0.244 e. The molecule has 1 aromatic carbocycles. The number of rotatable bonds is 2. The lowest BCUT2D eigenvalue weighted by molar-refractivity contribution is 0.379. The maximum absolute atomic E-state index is 13.3. The van der Waals surface area contributed by atoms with Crippen molar-refractivity contribution in [3.05, 3.63) is 35.5 Å². The van der Waals surface area contributed by atoms with Gasteiger partial charge in [0, 0.05) is 5.56 Å². The lowest BCUT2D eigenvalue weighted by atomic mass is 10.1. The highest BCUT2D eigenvalue weighted by Gasteiger charge is 2.13. The van der Waals surface area contributed by atoms with Crippen LogP contribution in [-0.4, -0.2) is 10.1 Å². The monoisotopic (exact) mass is 240 g/mol. The molecule has 1 heterocycles. The summed E-state index contributed by atoms with van der Waals surface area (Å²) in [4.78, 5) is 4.07. The highest BCUT2D eigenvalue weighted by molar-refractivity contribution is 6.20. The number of alkyl halides is 1. The van der Waals surface area contributed by atoms with Crippen molar-refractivity contribution >= 4 is 11.6 Å². The van der Waals surface area contributed by atoms with Gasteiger partial charge in [-0.1, -0.05) is 17.3 Å². The molecule has 0 aliphatic carbocycles. The molecule has 2 aromatic rings. The van der Waals surface area contributed by atoms with E-state index >= 15 is 0 Å². The van der Waals surface area contributed by atoms with Gasteiger partial charge in [-0.05, 0) is 25.5 Å². The summed E-state index contributed by atoms with van der Waals surface area (Å²) in [7, 11) is 0. The maximum atomic E-state index is 13.3. The molecular formula is C11H10ClFN2O. The van der Waals surface area contributed by atoms with Crippen LogP contribution in [0.25, 0.3) is 11.4 Å². The minimum absolute atomic E-state index is 0.289. The Morgan fingerprint density at radius 3 is 2.75 bits per heavy atom. The molecule has 1 unspecified atom stereocenters. The Kier molecular flexibility index (Phi) is 2.92. The number of hydrogen-bond acceptors (Lipinski definition) is 3. The summed E-state index contributed by atoms with van der Waals surface area (Å²) >= 11 is 5.79. The molecule has 0 spiro atoms. The van der Waals surface area contributed by atoms with Gasteiger partial charge < -0.3 is 4.52 Å². The van der Waals surface area contributed by atoms with Gasteiger partial charge in [-0.25, -0.2) is 4.39 Å². The molecule has 0 aliphatic heterocycles. The Balaban J connectivity index is 2.39. The minimum atomic E-state index is -0.350. The number of hydrogen-bond donors (Lipinski definition) is 0. The lowest BCUT2D eigenvalue weighted by Crippen LogP contribution is -1.87. The van der Waals surface area contributed by atoms with E-state index in [-0.39, 0.29) is 11.2 Å². The van der Waals surface area contributed by atoms with E-state index < -0.39 is 0 Å². The van der Waals surface area contributed by atoms with Crippen molar-refractivity contribution in [1.82, 2.24) is 10.1 Å². The quantitative estimate of drug-likeness (QED) is 0.755. The summed E-state index contributed by atoms with van der Waals surface area (Å²) < 4.78 is 18.3. The Labute approximate surface area is 97.2 Å². The normalized spacial score (nSPS) is 12.8. The summed E-state index contributed by atoms with van der Waals surface area (Å²) in [6.45, 7) is 3.43. The lowest BCUT2D eigenvalue weighted by Gasteiger charge is -1.97. The summed E-state index contributed by atoms with van der Waals surface area (Å²) in [5.41, 5.74) is 1.16. The van der Waals surface area contributed by atoms with E-state index in [1.54, 1.807) is 26.0 Å². The molecule has 0 saturated heterocycles. The third kappa shape index (κ3) is 2.07. The zero-order valence-electron chi connectivity index (χ0n) is 8.87. The first-order valence-corrected chi connectivity index (χ1v) is 5.26. The zero-order valence-corrected chi connectivity index (χ0v) is 9.62. The number of aryl methyl sites for hydroxylation is 1. The number of nitrogens with zero attached hydrogens (tertiary/aromatic N) is 2. The van der Waals surface area contributed by atoms with Crippen LogP contribution in [0.4, 0.5) is 4.39 Å². The first-order valence-electron chi connectivity index (χ1n) is 4.82. The first-order chi connectivity index (χ1) is 7.58. The summed E-state index contributed by atoms with van der Waals surface area (Å²) in [5, 5.41) is 3.39. The van der Waals surface area contributed by atoms with Crippen molar-refractivity contribution in [2.24, 2.45) is 0 Å². The Bertz CT molecular complexity index is 510. The Hall–Kier alpha value is -1.42. The van der Waals surface area contributed by atoms with E-state index in [4.69, 9.17) is 16.1 Å². The fourth-order valence-electron chi connectivity index (χ4n) is 1.25. The van der Waals surface area contributed by atoms with Crippen molar-refractivity contribution in [2.75, 3.05) is 0 Å². The van der Waals surface area contributed by atoms with Crippen LogP contribution < -0.4 is 0 Å². The SMILES string of the molecule is Cc1ccc(-c2noc(C(C)Cl)n2)cc1F. The van der Waals surface area contributed by atoms with Crippen molar-refractivity contribution in [3.8, 4) is 11.4 Å². The van der Waals surface area contributed by atoms with Crippen LogP contribution >= 0.6 is 11.6 Å². The molecule has 0 radical (unpaired) electrons. The topological polar surface area (TPSA) is 38.9 Å². The third-order valence-corrected chi connectivity index (χ3v) is 2.40. The fourth-order valence-corrected chi connectivity index (χ4v) is 1.33. The van der Waals surface area contributed by atoms with Gasteiger partial charge >= 0.3 is 0 Å². The second-order valence-corrected chi connectivity index (χ2v) is 4.19. The van der Waals surface area contributed by atoms with Crippen molar-refractivity contribution < 1.29 is 8.91 Å². The van der Waals surface area contributed by atoms with E-state index in [1.807, 2.05) is 0 Å². The van der Waals surface area contributed by atoms with Crippen LogP contribution in [0, 0.1) is 12.7 Å². The molecule has 0 amide bonds. The molecule has 1 atom stereocenters. The van der Waals surface area contributed by atoms with E-state index in [2.05, 4.69) is 10.1 Å². The average Bonchev–Trinajstić information content (AvgIpc) is 2.71.